The van der Waals surface area contributed by atoms with E-state index in [0.29, 0.717) is 6.61 Å². The summed E-state index contributed by atoms with van der Waals surface area (Å²) >= 11 is 0. The lowest BCUT2D eigenvalue weighted by atomic mass is 10.3. The summed E-state index contributed by atoms with van der Waals surface area (Å²) in [6.07, 6.45) is 3.56. The van der Waals surface area contributed by atoms with Gasteiger partial charge in [-0.15, -0.1) is 0 Å². The van der Waals surface area contributed by atoms with Crippen molar-refractivity contribution in [2.24, 2.45) is 0 Å². The monoisotopic (exact) mass is 208 g/mol. The molecule has 0 unspecified atom stereocenters. The van der Waals surface area contributed by atoms with Crippen molar-refractivity contribution in [3.8, 4) is 0 Å². The molecular formula is C10H16N4O. The minimum Gasteiger partial charge on any atom is -0.378 e. The van der Waals surface area contributed by atoms with Gasteiger partial charge in [0.15, 0.2) is 0 Å². The van der Waals surface area contributed by atoms with Crippen LogP contribution in [0.15, 0.2) is 12.4 Å². The fraction of sp³-hybridized carbons (Fsp3) is 0.600. The van der Waals surface area contributed by atoms with E-state index in [1.54, 1.807) is 13.3 Å². The maximum absolute atomic E-state index is 5.04. The van der Waals surface area contributed by atoms with E-state index in [-0.39, 0.29) is 0 Å². The fourth-order valence-corrected chi connectivity index (χ4v) is 1.66. The molecule has 82 valence electrons. The molecule has 0 aliphatic carbocycles. The highest BCUT2D eigenvalue weighted by Gasteiger charge is 2.11. The van der Waals surface area contributed by atoms with Crippen LogP contribution in [-0.2, 0) is 11.3 Å². The summed E-state index contributed by atoms with van der Waals surface area (Å²) in [5.74, 6) is 0.950. The van der Waals surface area contributed by atoms with E-state index in [0.717, 1.165) is 37.7 Å². The number of nitrogens with zero attached hydrogens (tertiary/aromatic N) is 3. The van der Waals surface area contributed by atoms with E-state index in [4.69, 9.17) is 4.74 Å². The van der Waals surface area contributed by atoms with Gasteiger partial charge in [0, 0.05) is 33.3 Å². The maximum atomic E-state index is 5.04. The van der Waals surface area contributed by atoms with Crippen molar-refractivity contribution in [1.29, 1.82) is 0 Å². The summed E-state index contributed by atoms with van der Waals surface area (Å²) in [5.41, 5.74) is 0.883. The number of ether oxygens (including phenoxy) is 1. The van der Waals surface area contributed by atoms with Gasteiger partial charge in [-0.3, -0.25) is 4.98 Å². The van der Waals surface area contributed by atoms with Crippen LogP contribution in [0.1, 0.15) is 5.69 Å². The molecule has 1 saturated heterocycles. The molecule has 0 atom stereocenters. The number of hydrogen-bond donors (Lipinski definition) is 1. The number of anilines is 1. The van der Waals surface area contributed by atoms with Crippen LogP contribution < -0.4 is 10.2 Å². The molecule has 15 heavy (non-hydrogen) atoms. The van der Waals surface area contributed by atoms with Crippen molar-refractivity contribution in [1.82, 2.24) is 15.3 Å². The molecule has 2 rings (SSSR count). The summed E-state index contributed by atoms with van der Waals surface area (Å²) in [4.78, 5) is 10.9. The molecule has 1 fully saturated rings. The Hall–Kier alpha value is -1.20. The molecule has 1 aliphatic heterocycles. The molecule has 1 aromatic heterocycles. The highest BCUT2D eigenvalue weighted by atomic mass is 16.5. The predicted molar refractivity (Wildman–Crippen MR) is 57.8 cm³/mol. The van der Waals surface area contributed by atoms with Gasteiger partial charge < -0.3 is 15.0 Å². The van der Waals surface area contributed by atoms with Crippen LogP contribution in [0.25, 0.3) is 0 Å². The van der Waals surface area contributed by atoms with E-state index in [1.165, 1.54) is 0 Å². The van der Waals surface area contributed by atoms with Crippen LogP contribution >= 0.6 is 0 Å². The standard InChI is InChI=1S/C10H16N4O/c1-15-8-9-6-12-7-10(13-9)14-4-2-11-3-5-14/h6-7,11H,2-5,8H2,1H3. The average Bonchev–Trinajstić information content (AvgIpc) is 2.31. The predicted octanol–water partition coefficient (Wildman–Crippen LogP) is 0.0326. The molecule has 0 spiro atoms. The topological polar surface area (TPSA) is 50.3 Å². The van der Waals surface area contributed by atoms with E-state index < -0.39 is 0 Å². The Kier molecular flexibility index (Phi) is 3.47. The number of hydrogen-bond acceptors (Lipinski definition) is 5. The molecule has 0 amide bonds. The highest BCUT2D eigenvalue weighted by molar-refractivity contribution is 5.36. The Morgan fingerprint density at radius 3 is 2.93 bits per heavy atom. The Morgan fingerprint density at radius 2 is 2.20 bits per heavy atom. The van der Waals surface area contributed by atoms with Crippen LogP contribution in [0.3, 0.4) is 0 Å². The molecule has 2 heterocycles. The van der Waals surface area contributed by atoms with Crippen LogP contribution in [0.4, 0.5) is 5.82 Å². The molecule has 0 radical (unpaired) electrons. The van der Waals surface area contributed by atoms with Gasteiger partial charge in [-0.05, 0) is 0 Å². The molecular weight excluding hydrogens is 192 g/mol. The van der Waals surface area contributed by atoms with Gasteiger partial charge in [0.2, 0.25) is 0 Å². The van der Waals surface area contributed by atoms with Gasteiger partial charge >= 0.3 is 0 Å². The van der Waals surface area contributed by atoms with Gasteiger partial charge in [-0.25, -0.2) is 4.98 Å². The maximum Gasteiger partial charge on any atom is 0.147 e. The second kappa shape index (κ2) is 5.04. The summed E-state index contributed by atoms with van der Waals surface area (Å²) in [6, 6.07) is 0. The van der Waals surface area contributed by atoms with Crippen molar-refractivity contribution >= 4 is 5.82 Å². The fourth-order valence-electron chi connectivity index (χ4n) is 1.66. The molecule has 5 nitrogen and oxygen atoms in total. The van der Waals surface area contributed by atoms with E-state index >= 15 is 0 Å². The first-order valence-corrected chi connectivity index (χ1v) is 5.15. The van der Waals surface area contributed by atoms with Gasteiger partial charge in [0.1, 0.15) is 5.82 Å². The van der Waals surface area contributed by atoms with Crippen molar-refractivity contribution in [2.45, 2.75) is 6.61 Å². The molecule has 1 aromatic rings. The first-order chi connectivity index (χ1) is 7.40. The van der Waals surface area contributed by atoms with Crippen molar-refractivity contribution in [3.05, 3.63) is 18.1 Å². The van der Waals surface area contributed by atoms with Gasteiger partial charge in [-0.2, -0.15) is 0 Å². The lowest BCUT2D eigenvalue weighted by Crippen LogP contribution is -2.44. The minimum absolute atomic E-state index is 0.521. The second-order valence-electron chi connectivity index (χ2n) is 3.54. The lowest BCUT2D eigenvalue weighted by molar-refractivity contribution is 0.181. The lowest BCUT2D eigenvalue weighted by Gasteiger charge is -2.28. The first-order valence-electron chi connectivity index (χ1n) is 5.15. The third-order valence-electron chi connectivity index (χ3n) is 2.40. The van der Waals surface area contributed by atoms with E-state index in [9.17, 15) is 0 Å². The molecule has 0 bridgehead atoms. The van der Waals surface area contributed by atoms with Gasteiger partial charge in [-0.1, -0.05) is 0 Å². The largest absolute Gasteiger partial charge is 0.378 e. The van der Waals surface area contributed by atoms with Gasteiger partial charge in [0.25, 0.3) is 0 Å². The molecule has 0 saturated carbocycles. The second-order valence-corrected chi connectivity index (χ2v) is 3.54. The van der Waals surface area contributed by atoms with Crippen LogP contribution in [-0.4, -0.2) is 43.3 Å². The molecule has 5 heteroatoms. The summed E-state index contributed by atoms with van der Waals surface area (Å²) in [5, 5.41) is 3.31. The van der Waals surface area contributed by atoms with Gasteiger partial charge in [0.05, 0.1) is 24.7 Å². The Labute approximate surface area is 89.5 Å². The zero-order valence-corrected chi connectivity index (χ0v) is 8.94. The SMILES string of the molecule is COCc1cncc(N2CCNCC2)n1. The Balaban J connectivity index is 2.09. The van der Waals surface area contributed by atoms with E-state index in [2.05, 4.69) is 20.2 Å². The van der Waals surface area contributed by atoms with Crippen molar-refractivity contribution < 1.29 is 4.74 Å². The summed E-state index contributed by atoms with van der Waals surface area (Å²) in [6.45, 7) is 4.52. The van der Waals surface area contributed by atoms with Crippen molar-refractivity contribution in [2.75, 3.05) is 38.2 Å². The Bertz CT molecular complexity index is 312. The highest BCUT2D eigenvalue weighted by Crippen LogP contribution is 2.10. The Morgan fingerprint density at radius 1 is 1.40 bits per heavy atom. The zero-order valence-electron chi connectivity index (χ0n) is 8.94. The molecule has 1 N–H and O–H groups in total. The van der Waals surface area contributed by atoms with Crippen LogP contribution in [0, 0.1) is 0 Å². The number of piperazine rings is 1. The average molecular weight is 208 g/mol. The number of rotatable bonds is 3. The van der Waals surface area contributed by atoms with Crippen LogP contribution in [0.5, 0.6) is 0 Å². The summed E-state index contributed by atoms with van der Waals surface area (Å²) in [7, 11) is 1.67. The summed E-state index contributed by atoms with van der Waals surface area (Å²) < 4.78 is 5.04. The zero-order chi connectivity index (χ0) is 10.5. The normalized spacial score (nSPS) is 16.7. The smallest absolute Gasteiger partial charge is 0.147 e. The van der Waals surface area contributed by atoms with E-state index in [1.807, 2.05) is 6.20 Å². The third kappa shape index (κ3) is 2.64. The number of aromatic nitrogens is 2. The molecule has 1 aliphatic rings. The minimum atomic E-state index is 0.521. The molecule has 0 aromatic carbocycles. The third-order valence-corrected chi connectivity index (χ3v) is 2.40. The quantitative estimate of drug-likeness (QED) is 0.759. The number of nitrogens with one attached hydrogen (secondary N) is 1. The van der Waals surface area contributed by atoms with Crippen LogP contribution in [0.2, 0.25) is 0 Å². The van der Waals surface area contributed by atoms with Crippen molar-refractivity contribution in [3.63, 3.8) is 0 Å². The number of methoxy groups -OCH3 is 1. The first kappa shape index (κ1) is 10.3.